The summed E-state index contributed by atoms with van der Waals surface area (Å²) in [5.74, 6) is -0.104. The second-order valence-corrected chi connectivity index (χ2v) is 10.9. The van der Waals surface area contributed by atoms with Crippen molar-refractivity contribution in [2.45, 2.75) is 25.3 Å². The van der Waals surface area contributed by atoms with Gasteiger partial charge in [-0.1, -0.05) is 36.4 Å². The smallest absolute Gasteiger partial charge is 0.243 e. The number of amides is 1. The maximum Gasteiger partial charge on any atom is 0.243 e. The van der Waals surface area contributed by atoms with Crippen molar-refractivity contribution in [2.24, 2.45) is 0 Å². The number of rotatable bonds is 4. The van der Waals surface area contributed by atoms with E-state index in [1.807, 2.05) is 60.0 Å². The van der Waals surface area contributed by atoms with Gasteiger partial charge in [0.15, 0.2) is 5.43 Å². The maximum absolute atomic E-state index is 13.3. The van der Waals surface area contributed by atoms with Crippen LogP contribution in [0.5, 0.6) is 0 Å². The highest BCUT2D eigenvalue weighted by Gasteiger charge is 2.31. The summed E-state index contributed by atoms with van der Waals surface area (Å²) in [6.45, 7) is 4.87. The number of aryl methyl sites for hydroxylation is 2. The van der Waals surface area contributed by atoms with Crippen LogP contribution in [-0.4, -0.2) is 54.3 Å². The number of carbonyl (C=O) groups is 1. The lowest BCUT2D eigenvalue weighted by molar-refractivity contribution is -0.132. The Morgan fingerprint density at radius 2 is 1.40 bits per heavy atom. The number of benzene rings is 3. The van der Waals surface area contributed by atoms with E-state index >= 15 is 0 Å². The summed E-state index contributed by atoms with van der Waals surface area (Å²) in [7, 11) is -3.63. The van der Waals surface area contributed by atoms with E-state index in [9.17, 15) is 18.0 Å². The van der Waals surface area contributed by atoms with Crippen LogP contribution in [0.25, 0.3) is 21.8 Å². The Labute approximate surface area is 204 Å². The predicted molar refractivity (Wildman–Crippen MR) is 137 cm³/mol. The minimum atomic E-state index is -3.63. The first-order valence-electron chi connectivity index (χ1n) is 11.6. The molecule has 0 saturated carbocycles. The largest absolute Gasteiger partial charge is 0.339 e. The lowest BCUT2D eigenvalue weighted by Gasteiger charge is -2.34. The van der Waals surface area contributed by atoms with Crippen LogP contribution in [0.15, 0.2) is 76.4 Å². The number of hydrogen-bond acceptors (Lipinski definition) is 4. The Balaban J connectivity index is 1.39. The van der Waals surface area contributed by atoms with E-state index in [0.717, 1.165) is 5.56 Å². The maximum atomic E-state index is 13.3. The number of carbonyl (C=O) groups excluding carboxylic acids is 1. The van der Waals surface area contributed by atoms with Gasteiger partial charge < -0.3 is 9.47 Å². The fraction of sp³-hybridized carbons (Fsp3) is 0.259. The van der Waals surface area contributed by atoms with Crippen molar-refractivity contribution in [1.29, 1.82) is 0 Å². The number of piperazine rings is 1. The Morgan fingerprint density at radius 3 is 2.00 bits per heavy atom. The Kier molecular flexibility index (Phi) is 5.94. The first-order chi connectivity index (χ1) is 16.8. The van der Waals surface area contributed by atoms with Crippen LogP contribution in [-0.2, 0) is 21.4 Å². The van der Waals surface area contributed by atoms with Crippen LogP contribution in [0, 0.1) is 13.8 Å². The molecule has 1 aromatic heterocycles. The topological polar surface area (TPSA) is 79.7 Å². The van der Waals surface area contributed by atoms with E-state index in [1.165, 1.54) is 4.31 Å². The zero-order valence-corrected chi connectivity index (χ0v) is 20.6. The first kappa shape index (κ1) is 23.3. The molecule has 1 fully saturated rings. The molecule has 1 aliphatic heterocycles. The second-order valence-electron chi connectivity index (χ2n) is 9.00. The van der Waals surface area contributed by atoms with Gasteiger partial charge in [-0.25, -0.2) is 8.42 Å². The predicted octanol–water partition coefficient (Wildman–Crippen LogP) is 3.30. The van der Waals surface area contributed by atoms with Crippen LogP contribution < -0.4 is 5.43 Å². The van der Waals surface area contributed by atoms with Gasteiger partial charge in [-0.2, -0.15) is 4.31 Å². The molecule has 7 nitrogen and oxygen atoms in total. The molecule has 2 heterocycles. The number of para-hydroxylation sites is 2. The quantitative estimate of drug-likeness (QED) is 0.412. The molecule has 5 rings (SSSR count). The van der Waals surface area contributed by atoms with Crippen molar-refractivity contribution in [3.63, 3.8) is 0 Å². The summed E-state index contributed by atoms with van der Waals surface area (Å²) in [6, 6.07) is 20.0. The summed E-state index contributed by atoms with van der Waals surface area (Å²) in [5.41, 5.74) is 2.97. The van der Waals surface area contributed by atoms with Crippen LogP contribution in [0.2, 0.25) is 0 Å². The molecule has 0 unspecified atom stereocenters. The summed E-state index contributed by atoms with van der Waals surface area (Å²) in [5, 5.41) is 1.15. The highest BCUT2D eigenvalue weighted by atomic mass is 32.2. The average molecular weight is 490 g/mol. The fourth-order valence-electron chi connectivity index (χ4n) is 4.78. The highest BCUT2D eigenvalue weighted by Crippen LogP contribution is 2.23. The van der Waals surface area contributed by atoms with Crippen LogP contribution in [0.4, 0.5) is 0 Å². The molecule has 0 spiro atoms. The molecule has 1 amide bonds. The van der Waals surface area contributed by atoms with Crippen LogP contribution in [0.3, 0.4) is 0 Å². The molecule has 1 saturated heterocycles. The standard InChI is InChI=1S/C27H27N3O4S/c1-19-11-12-20(2)25(17-19)35(33,34)29-15-13-28(14-16-29)26(31)18-30-23-9-5-3-7-21(23)27(32)22-8-4-6-10-24(22)30/h3-12,17H,13-16,18H2,1-2H3. The van der Waals surface area contributed by atoms with Crippen LogP contribution >= 0.6 is 0 Å². The normalized spacial score (nSPS) is 15.1. The zero-order chi connectivity index (χ0) is 24.7. The van der Waals surface area contributed by atoms with Gasteiger partial charge in [0.05, 0.1) is 15.9 Å². The Hall–Kier alpha value is -3.49. The van der Waals surface area contributed by atoms with Gasteiger partial charge in [0.2, 0.25) is 15.9 Å². The van der Waals surface area contributed by atoms with Crippen molar-refractivity contribution in [3.8, 4) is 0 Å². The van der Waals surface area contributed by atoms with Crippen molar-refractivity contribution >= 4 is 37.7 Å². The average Bonchev–Trinajstić information content (AvgIpc) is 2.88. The zero-order valence-electron chi connectivity index (χ0n) is 19.8. The van der Waals surface area contributed by atoms with E-state index in [-0.39, 0.29) is 31.0 Å². The molecule has 35 heavy (non-hydrogen) atoms. The number of hydrogen-bond donors (Lipinski definition) is 0. The molecule has 4 aromatic rings. The minimum Gasteiger partial charge on any atom is -0.339 e. The minimum absolute atomic E-state index is 0.0508. The molecule has 3 aromatic carbocycles. The lowest BCUT2D eigenvalue weighted by Crippen LogP contribution is -2.51. The number of aromatic nitrogens is 1. The molecule has 0 atom stereocenters. The molecule has 0 N–H and O–H groups in total. The molecular formula is C27H27N3O4S. The van der Waals surface area contributed by atoms with Gasteiger partial charge in [-0.15, -0.1) is 0 Å². The first-order valence-corrected chi connectivity index (χ1v) is 13.1. The van der Waals surface area contributed by atoms with Gasteiger partial charge in [0.25, 0.3) is 0 Å². The van der Waals surface area contributed by atoms with E-state index < -0.39 is 10.0 Å². The molecule has 0 bridgehead atoms. The third-order valence-corrected chi connectivity index (χ3v) is 8.77. The molecule has 8 heteroatoms. The monoisotopic (exact) mass is 489 g/mol. The van der Waals surface area contributed by atoms with Crippen molar-refractivity contribution in [1.82, 2.24) is 13.8 Å². The van der Waals surface area contributed by atoms with Gasteiger partial charge in [0.1, 0.15) is 6.54 Å². The SMILES string of the molecule is Cc1ccc(C)c(S(=O)(=O)N2CCN(C(=O)Cn3c4ccccc4c(=O)c4ccccc43)CC2)c1. The molecule has 1 aliphatic rings. The summed E-state index contributed by atoms with van der Waals surface area (Å²) >= 11 is 0. The Morgan fingerprint density at radius 1 is 0.829 bits per heavy atom. The Bertz CT molecular complexity index is 1560. The molecule has 180 valence electrons. The fourth-order valence-corrected chi connectivity index (χ4v) is 6.52. The van der Waals surface area contributed by atoms with Gasteiger partial charge in [-0.05, 0) is 55.3 Å². The third-order valence-electron chi connectivity index (χ3n) is 6.73. The van der Waals surface area contributed by atoms with E-state index in [2.05, 4.69) is 0 Å². The van der Waals surface area contributed by atoms with Crippen molar-refractivity contribution in [2.75, 3.05) is 26.2 Å². The number of nitrogens with zero attached hydrogens (tertiary/aromatic N) is 3. The second kappa shape index (κ2) is 8.94. The van der Waals surface area contributed by atoms with Crippen molar-refractivity contribution in [3.05, 3.63) is 88.1 Å². The lowest BCUT2D eigenvalue weighted by atomic mass is 10.1. The van der Waals surface area contributed by atoms with E-state index in [4.69, 9.17) is 0 Å². The van der Waals surface area contributed by atoms with E-state index in [0.29, 0.717) is 45.4 Å². The van der Waals surface area contributed by atoms with E-state index in [1.54, 1.807) is 30.0 Å². The molecular weight excluding hydrogens is 462 g/mol. The van der Waals surface area contributed by atoms with Gasteiger partial charge in [-0.3, -0.25) is 9.59 Å². The highest BCUT2D eigenvalue weighted by molar-refractivity contribution is 7.89. The number of fused-ring (bicyclic) bond motifs is 2. The number of pyridine rings is 1. The van der Waals surface area contributed by atoms with Crippen molar-refractivity contribution < 1.29 is 13.2 Å². The molecule has 0 radical (unpaired) electrons. The third kappa shape index (κ3) is 4.13. The summed E-state index contributed by atoms with van der Waals surface area (Å²) in [6.07, 6.45) is 0. The van der Waals surface area contributed by atoms with Crippen LogP contribution in [0.1, 0.15) is 11.1 Å². The van der Waals surface area contributed by atoms with Gasteiger partial charge in [0, 0.05) is 37.0 Å². The molecule has 0 aliphatic carbocycles. The summed E-state index contributed by atoms with van der Waals surface area (Å²) in [4.78, 5) is 28.3. The summed E-state index contributed by atoms with van der Waals surface area (Å²) < 4.78 is 29.8. The van der Waals surface area contributed by atoms with Gasteiger partial charge >= 0.3 is 0 Å². The number of sulfonamides is 1.